The van der Waals surface area contributed by atoms with Crippen molar-refractivity contribution in [3.63, 3.8) is 0 Å². The van der Waals surface area contributed by atoms with Gasteiger partial charge in [-0.05, 0) is 18.4 Å². The van der Waals surface area contributed by atoms with Gasteiger partial charge in [-0.1, -0.05) is 6.07 Å². The lowest BCUT2D eigenvalue weighted by molar-refractivity contribution is 0.0926. The van der Waals surface area contributed by atoms with Crippen molar-refractivity contribution >= 4 is 17.2 Å². The highest BCUT2D eigenvalue weighted by Crippen LogP contribution is 2.07. The number of thiophene rings is 1. The van der Waals surface area contributed by atoms with Crippen LogP contribution in [-0.2, 0) is 0 Å². The van der Waals surface area contributed by atoms with Crippen molar-refractivity contribution in [3.8, 4) is 0 Å². The van der Waals surface area contributed by atoms with Crippen LogP contribution in [-0.4, -0.2) is 23.7 Å². The molecule has 0 aromatic carbocycles. The lowest BCUT2D eigenvalue weighted by atomic mass is 10.3. The fourth-order valence-electron chi connectivity index (χ4n) is 0.748. The molecule has 1 atom stereocenters. The zero-order valence-electron chi connectivity index (χ0n) is 6.78. The Bertz CT molecular complexity index is 246. The maximum Gasteiger partial charge on any atom is 0.261 e. The van der Waals surface area contributed by atoms with Crippen LogP contribution in [0.1, 0.15) is 16.6 Å². The number of rotatable bonds is 3. The largest absolute Gasteiger partial charge is 0.394 e. The maximum absolute atomic E-state index is 11.3. The molecule has 1 amide bonds. The third kappa shape index (κ3) is 2.32. The van der Waals surface area contributed by atoms with Gasteiger partial charge in [0.05, 0.1) is 11.5 Å². The van der Waals surface area contributed by atoms with Gasteiger partial charge < -0.3 is 10.4 Å². The van der Waals surface area contributed by atoms with Gasteiger partial charge >= 0.3 is 0 Å². The van der Waals surface area contributed by atoms with Gasteiger partial charge in [0.15, 0.2) is 0 Å². The molecule has 1 aromatic rings. The average molecular weight is 185 g/mol. The number of nitrogens with one attached hydrogen (secondary N) is 1. The molecule has 1 rings (SSSR count). The predicted molar refractivity (Wildman–Crippen MR) is 48.3 cm³/mol. The Balaban J connectivity index is 2.50. The first-order chi connectivity index (χ1) is 5.74. The number of aliphatic hydroxyl groups is 1. The molecule has 2 N–H and O–H groups in total. The Morgan fingerprint density at radius 2 is 2.58 bits per heavy atom. The molecule has 0 bridgehead atoms. The van der Waals surface area contributed by atoms with Crippen LogP contribution in [0.3, 0.4) is 0 Å². The summed E-state index contributed by atoms with van der Waals surface area (Å²) < 4.78 is 0. The van der Waals surface area contributed by atoms with E-state index in [-0.39, 0.29) is 18.6 Å². The number of hydrogen-bond acceptors (Lipinski definition) is 3. The third-order valence-corrected chi connectivity index (χ3v) is 2.26. The molecule has 12 heavy (non-hydrogen) atoms. The van der Waals surface area contributed by atoms with Gasteiger partial charge in [-0.2, -0.15) is 0 Å². The van der Waals surface area contributed by atoms with E-state index in [2.05, 4.69) is 5.32 Å². The number of amides is 1. The van der Waals surface area contributed by atoms with Gasteiger partial charge in [-0.25, -0.2) is 0 Å². The molecule has 0 saturated carbocycles. The van der Waals surface area contributed by atoms with Gasteiger partial charge in [0.25, 0.3) is 5.91 Å². The van der Waals surface area contributed by atoms with Crippen LogP contribution in [0.25, 0.3) is 0 Å². The zero-order chi connectivity index (χ0) is 8.97. The number of hydrogen-bond donors (Lipinski definition) is 2. The summed E-state index contributed by atoms with van der Waals surface area (Å²) in [4.78, 5) is 11.9. The second-order valence-corrected chi connectivity index (χ2v) is 3.48. The molecule has 4 heteroatoms. The van der Waals surface area contributed by atoms with Crippen molar-refractivity contribution < 1.29 is 9.90 Å². The summed E-state index contributed by atoms with van der Waals surface area (Å²) in [5, 5.41) is 13.2. The van der Waals surface area contributed by atoms with Gasteiger partial charge in [0.2, 0.25) is 0 Å². The fourth-order valence-corrected chi connectivity index (χ4v) is 1.38. The first-order valence-corrected chi connectivity index (χ1v) is 4.57. The quantitative estimate of drug-likeness (QED) is 0.733. The highest BCUT2D eigenvalue weighted by atomic mass is 32.1. The molecule has 0 aliphatic heterocycles. The van der Waals surface area contributed by atoms with E-state index >= 15 is 0 Å². The molecule has 1 heterocycles. The minimum absolute atomic E-state index is 0.0306. The molecule has 0 fully saturated rings. The summed E-state index contributed by atoms with van der Waals surface area (Å²) in [7, 11) is 0. The predicted octanol–water partition coefficient (Wildman–Crippen LogP) is 0.859. The van der Waals surface area contributed by atoms with Crippen molar-refractivity contribution in [3.05, 3.63) is 22.4 Å². The maximum atomic E-state index is 11.3. The number of carbonyl (C=O) groups excluding carboxylic acids is 1. The molecule has 0 saturated heterocycles. The summed E-state index contributed by atoms with van der Waals surface area (Å²) in [6.07, 6.45) is 0. The van der Waals surface area contributed by atoms with Gasteiger partial charge in [-0.15, -0.1) is 11.3 Å². The number of carbonyl (C=O) groups is 1. The van der Waals surface area contributed by atoms with Crippen LogP contribution in [0, 0.1) is 0 Å². The summed E-state index contributed by atoms with van der Waals surface area (Å²) in [6, 6.07) is 3.40. The minimum atomic E-state index is -0.181. The molecule has 3 nitrogen and oxygen atoms in total. The SMILES string of the molecule is C[C@@H](CO)NC(=O)c1cccs1. The molecular weight excluding hydrogens is 174 g/mol. The highest BCUT2D eigenvalue weighted by Gasteiger charge is 2.08. The van der Waals surface area contributed by atoms with E-state index in [0.29, 0.717) is 4.88 Å². The summed E-state index contributed by atoms with van der Waals surface area (Å²) in [5.74, 6) is -0.119. The molecular formula is C8H11NO2S. The van der Waals surface area contributed by atoms with Crippen LogP contribution in [0.2, 0.25) is 0 Å². The molecule has 0 unspecified atom stereocenters. The normalized spacial score (nSPS) is 12.5. The van der Waals surface area contributed by atoms with E-state index < -0.39 is 0 Å². The van der Waals surface area contributed by atoms with Crippen LogP contribution < -0.4 is 5.32 Å². The van der Waals surface area contributed by atoms with E-state index in [1.807, 2.05) is 11.4 Å². The monoisotopic (exact) mass is 185 g/mol. The second-order valence-electron chi connectivity index (χ2n) is 2.53. The molecule has 0 aliphatic rings. The van der Waals surface area contributed by atoms with E-state index in [1.54, 1.807) is 13.0 Å². The molecule has 66 valence electrons. The summed E-state index contributed by atoms with van der Waals surface area (Å²) in [6.45, 7) is 1.72. The van der Waals surface area contributed by atoms with Gasteiger partial charge in [0, 0.05) is 6.04 Å². The Hall–Kier alpha value is -0.870. The molecule has 0 spiro atoms. The van der Waals surface area contributed by atoms with E-state index in [0.717, 1.165) is 0 Å². The van der Waals surface area contributed by atoms with Gasteiger partial charge in [-0.3, -0.25) is 4.79 Å². The smallest absolute Gasteiger partial charge is 0.261 e. The molecule has 0 aliphatic carbocycles. The Kier molecular flexibility index (Phi) is 3.25. The van der Waals surface area contributed by atoms with Crippen molar-refractivity contribution in [2.75, 3.05) is 6.61 Å². The summed E-state index contributed by atoms with van der Waals surface area (Å²) in [5.41, 5.74) is 0. The first-order valence-electron chi connectivity index (χ1n) is 3.69. The van der Waals surface area contributed by atoms with E-state index in [4.69, 9.17) is 5.11 Å². The average Bonchev–Trinajstić information content (AvgIpc) is 2.56. The lowest BCUT2D eigenvalue weighted by Crippen LogP contribution is -2.34. The molecule has 1 aromatic heterocycles. The van der Waals surface area contributed by atoms with Crippen molar-refractivity contribution in [2.24, 2.45) is 0 Å². The molecule has 0 radical (unpaired) electrons. The standard InChI is InChI=1S/C8H11NO2S/c1-6(5-10)9-8(11)7-3-2-4-12-7/h2-4,6,10H,5H2,1H3,(H,9,11)/t6-/m0/s1. The van der Waals surface area contributed by atoms with Crippen LogP contribution >= 0.6 is 11.3 Å². The second kappa shape index (κ2) is 4.23. The minimum Gasteiger partial charge on any atom is -0.394 e. The Labute approximate surface area is 75.0 Å². The topological polar surface area (TPSA) is 49.3 Å². The van der Waals surface area contributed by atoms with Gasteiger partial charge in [0.1, 0.15) is 0 Å². The Morgan fingerprint density at radius 3 is 3.08 bits per heavy atom. The lowest BCUT2D eigenvalue weighted by Gasteiger charge is -2.08. The van der Waals surface area contributed by atoms with Crippen molar-refractivity contribution in [1.82, 2.24) is 5.32 Å². The summed E-state index contributed by atoms with van der Waals surface area (Å²) >= 11 is 1.39. The van der Waals surface area contributed by atoms with Crippen molar-refractivity contribution in [1.29, 1.82) is 0 Å². The van der Waals surface area contributed by atoms with Crippen LogP contribution in [0.5, 0.6) is 0 Å². The van der Waals surface area contributed by atoms with Crippen LogP contribution in [0.4, 0.5) is 0 Å². The Morgan fingerprint density at radius 1 is 1.83 bits per heavy atom. The zero-order valence-corrected chi connectivity index (χ0v) is 7.60. The first kappa shape index (κ1) is 9.22. The number of aliphatic hydroxyl groups excluding tert-OH is 1. The van der Waals surface area contributed by atoms with Crippen LogP contribution in [0.15, 0.2) is 17.5 Å². The third-order valence-electron chi connectivity index (χ3n) is 1.40. The van der Waals surface area contributed by atoms with Crippen molar-refractivity contribution in [2.45, 2.75) is 13.0 Å². The fraction of sp³-hybridized carbons (Fsp3) is 0.375. The van der Waals surface area contributed by atoms with E-state index in [1.165, 1.54) is 11.3 Å². The van der Waals surface area contributed by atoms with E-state index in [9.17, 15) is 4.79 Å². The highest BCUT2D eigenvalue weighted by molar-refractivity contribution is 7.12.